The molecule has 1 heterocycles. The van der Waals surface area contributed by atoms with E-state index in [9.17, 15) is 31.6 Å². The third-order valence-corrected chi connectivity index (χ3v) is 7.07. The summed E-state index contributed by atoms with van der Waals surface area (Å²) in [6.07, 6.45) is -4.96. The number of aromatic nitrogens is 4. The van der Waals surface area contributed by atoms with Crippen molar-refractivity contribution in [3.63, 3.8) is 0 Å². The lowest BCUT2D eigenvalue weighted by Gasteiger charge is -2.32. The molecule has 1 aliphatic carbocycles. The predicted octanol–water partition coefficient (Wildman–Crippen LogP) is 6.59. The standard InChI is InChI=1S/C27H28F6N6O/c1-38-36-25(35-37-38)39(15-18-10-17(14-34)11-22(12-18)27(31,32)33)16-20-13-21(26(28,29)30)8-9-23(20)24(40-2)19-6-4-3-5-7-19/h8-13,19,24H,3-7,15-16H2,1-2H3. The summed E-state index contributed by atoms with van der Waals surface area (Å²) in [5.41, 5.74) is -1.10. The lowest BCUT2D eigenvalue weighted by molar-refractivity contribution is -0.138. The number of ether oxygens (including phenoxy) is 1. The van der Waals surface area contributed by atoms with E-state index >= 15 is 0 Å². The fourth-order valence-electron chi connectivity index (χ4n) is 5.24. The van der Waals surface area contributed by atoms with Gasteiger partial charge in [-0.2, -0.15) is 36.4 Å². The van der Waals surface area contributed by atoms with Gasteiger partial charge in [0.05, 0.1) is 35.9 Å². The SMILES string of the molecule is COC(c1ccc(C(F)(F)F)cc1CN(Cc1cc(C#N)cc(C(F)(F)F)c1)c1nnn(C)n1)C1CCCCC1. The van der Waals surface area contributed by atoms with Crippen LogP contribution in [0.2, 0.25) is 0 Å². The van der Waals surface area contributed by atoms with Crippen molar-refractivity contribution in [3.05, 3.63) is 69.8 Å². The summed E-state index contributed by atoms with van der Waals surface area (Å²) in [6.45, 7) is -0.392. The predicted molar refractivity (Wildman–Crippen MR) is 133 cm³/mol. The number of nitrogens with zero attached hydrogens (tertiary/aromatic N) is 6. The van der Waals surface area contributed by atoms with Crippen LogP contribution >= 0.6 is 0 Å². The number of hydrogen-bond donors (Lipinski definition) is 0. The molecule has 1 unspecified atom stereocenters. The molecule has 0 radical (unpaired) electrons. The zero-order valence-electron chi connectivity index (χ0n) is 21.9. The molecule has 0 amide bonds. The number of methoxy groups -OCH3 is 1. The highest BCUT2D eigenvalue weighted by Gasteiger charge is 2.34. The molecule has 1 saturated carbocycles. The number of anilines is 1. The smallest absolute Gasteiger partial charge is 0.376 e. The molecule has 3 aromatic rings. The fraction of sp³-hybridized carbons (Fsp3) is 0.481. The molecule has 214 valence electrons. The Bertz CT molecular complexity index is 1360. The van der Waals surface area contributed by atoms with Crippen LogP contribution in [-0.4, -0.2) is 27.3 Å². The van der Waals surface area contributed by atoms with Crippen LogP contribution in [0, 0.1) is 17.2 Å². The van der Waals surface area contributed by atoms with E-state index in [1.807, 2.05) is 0 Å². The summed E-state index contributed by atoms with van der Waals surface area (Å²) >= 11 is 0. The molecule has 4 rings (SSSR count). The van der Waals surface area contributed by atoms with Crippen molar-refractivity contribution in [2.75, 3.05) is 12.0 Å². The van der Waals surface area contributed by atoms with E-state index in [1.54, 1.807) is 6.07 Å². The normalized spacial score (nSPS) is 15.6. The maximum atomic E-state index is 13.8. The van der Waals surface area contributed by atoms with Gasteiger partial charge in [-0.3, -0.25) is 0 Å². The Morgan fingerprint density at radius 3 is 2.27 bits per heavy atom. The van der Waals surface area contributed by atoms with Gasteiger partial charge in [0.1, 0.15) is 0 Å². The van der Waals surface area contributed by atoms with E-state index < -0.39 is 29.6 Å². The van der Waals surface area contributed by atoms with Gasteiger partial charge in [0, 0.05) is 20.2 Å². The van der Waals surface area contributed by atoms with Gasteiger partial charge in [0.25, 0.3) is 5.95 Å². The lowest BCUT2D eigenvalue weighted by atomic mass is 9.81. The van der Waals surface area contributed by atoms with Crippen molar-refractivity contribution >= 4 is 5.95 Å². The van der Waals surface area contributed by atoms with Crippen LogP contribution in [-0.2, 0) is 37.2 Å². The molecule has 1 aliphatic rings. The first-order valence-corrected chi connectivity index (χ1v) is 12.7. The van der Waals surface area contributed by atoms with E-state index in [1.165, 1.54) is 31.2 Å². The van der Waals surface area contributed by atoms with E-state index in [-0.39, 0.29) is 41.6 Å². The maximum absolute atomic E-state index is 13.8. The quantitative estimate of drug-likeness (QED) is 0.286. The molecule has 2 aromatic carbocycles. The summed E-state index contributed by atoms with van der Waals surface area (Å²) in [5.74, 6) is 0.118. The van der Waals surface area contributed by atoms with Gasteiger partial charge in [-0.1, -0.05) is 30.4 Å². The number of benzene rings is 2. The van der Waals surface area contributed by atoms with E-state index in [4.69, 9.17) is 4.74 Å². The zero-order chi connectivity index (χ0) is 29.1. The van der Waals surface area contributed by atoms with Gasteiger partial charge in [-0.15, -0.1) is 5.10 Å². The second kappa shape index (κ2) is 11.8. The molecular weight excluding hydrogens is 538 g/mol. The second-order valence-corrected chi connectivity index (χ2v) is 9.93. The molecule has 7 nitrogen and oxygen atoms in total. The third kappa shape index (κ3) is 6.91. The summed E-state index contributed by atoms with van der Waals surface area (Å²) in [4.78, 5) is 2.58. The Kier molecular flexibility index (Phi) is 8.68. The topological polar surface area (TPSA) is 79.9 Å². The van der Waals surface area contributed by atoms with Crippen molar-refractivity contribution < 1.29 is 31.1 Å². The Hall–Kier alpha value is -3.66. The highest BCUT2D eigenvalue weighted by Crippen LogP contribution is 2.40. The summed E-state index contributed by atoms with van der Waals surface area (Å²) in [5, 5.41) is 21.2. The largest absolute Gasteiger partial charge is 0.416 e. The lowest BCUT2D eigenvalue weighted by Crippen LogP contribution is -2.27. The highest BCUT2D eigenvalue weighted by molar-refractivity contribution is 5.43. The number of halogens is 6. The number of tetrazole rings is 1. The number of aryl methyl sites for hydroxylation is 1. The minimum absolute atomic E-state index is 0.00779. The third-order valence-electron chi connectivity index (χ3n) is 7.07. The Morgan fingerprint density at radius 2 is 1.70 bits per heavy atom. The molecular formula is C27H28F6N6O. The van der Waals surface area contributed by atoms with Crippen LogP contribution in [0.25, 0.3) is 0 Å². The van der Waals surface area contributed by atoms with Crippen molar-refractivity contribution in [1.82, 2.24) is 20.2 Å². The number of nitriles is 1. The van der Waals surface area contributed by atoms with Gasteiger partial charge in [-0.25, -0.2) is 0 Å². The minimum atomic E-state index is -4.70. The molecule has 1 fully saturated rings. The molecule has 1 atom stereocenters. The van der Waals surface area contributed by atoms with Crippen LogP contribution in [0.15, 0.2) is 36.4 Å². The number of rotatable bonds is 8. The Morgan fingerprint density at radius 1 is 1.00 bits per heavy atom. The van der Waals surface area contributed by atoms with Crippen LogP contribution in [0.4, 0.5) is 32.3 Å². The van der Waals surface area contributed by atoms with Crippen molar-refractivity contribution in [2.45, 2.75) is 63.7 Å². The molecule has 0 aliphatic heterocycles. The van der Waals surface area contributed by atoms with Crippen LogP contribution in [0.3, 0.4) is 0 Å². The van der Waals surface area contributed by atoms with Crippen molar-refractivity contribution in [2.24, 2.45) is 13.0 Å². The van der Waals surface area contributed by atoms with Crippen molar-refractivity contribution in [3.8, 4) is 6.07 Å². The molecule has 40 heavy (non-hydrogen) atoms. The summed E-state index contributed by atoms with van der Waals surface area (Å²) in [7, 11) is 3.02. The fourth-order valence-corrected chi connectivity index (χ4v) is 5.24. The zero-order valence-corrected chi connectivity index (χ0v) is 21.9. The monoisotopic (exact) mass is 566 g/mol. The molecule has 0 bridgehead atoms. The number of hydrogen-bond acceptors (Lipinski definition) is 6. The number of alkyl halides is 6. The van der Waals surface area contributed by atoms with Gasteiger partial charge in [0.15, 0.2) is 0 Å². The molecule has 0 spiro atoms. The van der Waals surface area contributed by atoms with Crippen LogP contribution in [0.1, 0.15) is 71.6 Å². The van der Waals surface area contributed by atoms with Gasteiger partial charge >= 0.3 is 12.4 Å². The first-order valence-electron chi connectivity index (χ1n) is 12.7. The Labute approximate surface area is 227 Å². The molecule has 0 saturated heterocycles. The maximum Gasteiger partial charge on any atom is 0.416 e. The average Bonchev–Trinajstić information content (AvgIpc) is 3.35. The van der Waals surface area contributed by atoms with E-state index in [0.717, 1.165) is 61.2 Å². The second-order valence-electron chi connectivity index (χ2n) is 9.93. The first-order chi connectivity index (χ1) is 18.9. The Balaban J connectivity index is 1.79. The highest BCUT2D eigenvalue weighted by atomic mass is 19.4. The molecule has 0 N–H and O–H groups in total. The first kappa shape index (κ1) is 29.3. The average molecular weight is 567 g/mol. The van der Waals surface area contributed by atoms with Crippen LogP contribution in [0.5, 0.6) is 0 Å². The van der Waals surface area contributed by atoms with Crippen LogP contribution < -0.4 is 4.90 Å². The summed E-state index contributed by atoms with van der Waals surface area (Å²) in [6, 6.07) is 8.15. The van der Waals surface area contributed by atoms with Gasteiger partial charge in [-0.05, 0) is 71.0 Å². The summed E-state index contributed by atoms with van der Waals surface area (Å²) < 4.78 is 87.7. The van der Waals surface area contributed by atoms with E-state index in [2.05, 4.69) is 15.4 Å². The van der Waals surface area contributed by atoms with Gasteiger partial charge < -0.3 is 9.64 Å². The molecule has 1 aromatic heterocycles. The van der Waals surface area contributed by atoms with Gasteiger partial charge in [0.2, 0.25) is 0 Å². The van der Waals surface area contributed by atoms with Crippen molar-refractivity contribution in [1.29, 1.82) is 5.26 Å². The molecule has 13 heteroatoms. The van der Waals surface area contributed by atoms with E-state index in [0.29, 0.717) is 5.56 Å². The minimum Gasteiger partial charge on any atom is -0.376 e.